The molecule has 0 aliphatic carbocycles. The van der Waals surface area contributed by atoms with Crippen molar-refractivity contribution in [3.63, 3.8) is 0 Å². The molecule has 6 N–H and O–H groups in total. The zero-order valence-corrected chi connectivity index (χ0v) is 36.4. The van der Waals surface area contributed by atoms with Crippen LogP contribution >= 0.6 is 23.2 Å². The smallest absolute Gasteiger partial charge is 0.347 e. The number of aliphatic carboxylic acids is 1. The highest BCUT2D eigenvalue weighted by Crippen LogP contribution is 2.26. The SMILES string of the molecule is Cc1ccnc(CN)c1F.Cc1ccnc(CNC(=O)Cn2c(Cl)cnc(NCC(F)(F)c3cccc[n+]3[O-])c2=O)c1F.O=C(O)Cn1c(Cl)cnc(NCC(F)(F)c2cccc[n+]2[O-])c1=O. The second kappa shape index (κ2) is 23.2. The van der Waals surface area contributed by atoms with Gasteiger partial charge in [0.25, 0.3) is 22.5 Å². The monoisotopic (exact) mass is 982 g/mol. The van der Waals surface area contributed by atoms with Crippen LogP contribution in [0.25, 0.3) is 0 Å². The van der Waals surface area contributed by atoms with Gasteiger partial charge < -0.3 is 37.2 Å². The minimum Gasteiger partial charge on any atom is -0.618 e. The van der Waals surface area contributed by atoms with E-state index in [2.05, 4.69) is 35.9 Å². The summed E-state index contributed by atoms with van der Waals surface area (Å²) in [5.41, 5.74) is 2.98. The summed E-state index contributed by atoms with van der Waals surface area (Å²) in [6.45, 7) is -0.339. The number of alkyl halides is 4. The summed E-state index contributed by atoms with van der Waals surface area (Å²) in [7, 11) is 0. The first kappa shape index (κ1) is 52.2. The molecule has 0 atom stereocenters. The van der Waals surface area contributed by atoms with E-state index in [1.165, 1.54) is 36.5 Å². The summed E-state index contributed by atoms with van der Waals surface area (Å²) in [5, 5.41) is 38.0. The molecule has 6 aromatic rings. The molecule has 0 radical (unpaired) electrons. The Kier molecular flexibility index (Phi) is 18.1. The number of halogens is 8. The number of pyridine rings is 4. The van der Waals surface area contributed by atoms with Crippen LogP contribution in [0.5, 0.6) is 0 Å². The Morgan fingerprint density at radius 3 is 1.58 bits per heavy atom. The zero-order chi connectivity index (χ0) is 49.6. The molecule has 0 aliphatic heterocycles. The Bertz CT molecular complexity index is 2840. The van der Waals surface area contributed by atoms with Crippen LogP contribution in [0.2, 0.25) is 10.3 Å². The Labute approximate surface area is 384 Å². The van der Waals surface area contributed by atoms with E-state index in [9.17, 15) is 55.9 Å². The van der Waals surface area contributed by atoms with Crippen LogP contribution in [-0.4, -0.2) is 59.1 Å². The minimum absolute atomic E-state index is 0.0117. The molecule has 0 saturated carbocycles. The van der Waals surface area contributed by atoms with E-state index >= 15 is 0 Å². The molecule has 6 rings (SSSR count). The Balaban J connectivity index is 0.000000250. The van der Waals surface area contributed by atoms with Gasteiger partial charge in [-0.25, -0.2) is 18.7 Å². The van der Waals surface area contributed by atoms with E-state index in [0.29, 0.717) is 21.4 Å². The van der Waals surface area contributed by atoms with E-state index in [1.807, 2.05) is 0 Å². The van der Waals surface area contributed by atoms with Crippen LogP contribution < -0.4 is 42.3 Å². The van der Waals surface area contributed by atoms with Crippen molar-refractivity contribution in [2.24, 2.45) is 5.73 Å². The van der Waals surface area contributed by atoms with E-state index in [1.54, 1.807) is 26.1 Å². The maximum absolute atomic E-state index is 14.4. The van der Waals surface area contributed by atoms with Gasteiger partial charge in [0.1, 0.15) is 35.0 Å². The first-order chi connectivity index (χ1) is 31.6. The molecule has 0 saturated heterocycles. The largest absolute Gasteiger partial charge is 0.618 e. The number of nitrogens with one attached hydrogen (secondary N) is 3. The molecule has 1 amide bonds. The first-order valence-electron chi connectivity index (χ1n) is 19.1. The molecule has 6 aromatic heterocycles. The quantitative estimate of drug-likeness (QED) is 0.0559. The lowest BCUT2D eigenvalue weighted by Crippen LogP contribution is -2.41. The van der Waals surface area contributed by atoms with E-state index in [0.717, 1.165) is 41.5 Å². The topological polar surface area (TPSA) is 266 Å². The molecule has 27 heteroatoms. The number of aryl methyl sites for hydroxylation is 2. The van der Waals surface area contributed by atoms with Crippen molar-refractivity contribution in [1.29, 1.82) is 0 Å². The van der Waals surface area contributed by atoms with Crippen molar-refractivity contribution in [2.45, 2.75) is 51.9 Å². The van der Waals surface area contributed by atoms with Crippen molar-refractivity contribution >= 4 is 46.7 Å². The highest BCUT2D eigenvalue weighted by atomic mass is 35.5. The molecule has 0 fully saturated rings. The van der Waals surface area contributed by atoms with Gasteiger partial charge in [-0.3, -0.25) is 38.3 Å². The third kappa shape index (κ3) is 14.1. The number of rotatable bonds is 15. The normalized spacial score (nSPS) is 11.1. The molecule has 19 nitrogen and oxygen atoms in total. The van der Waals surface area contributed by atoms with Gasteiger partial charge in [-0.05, 0) is 49.2 Å². The molecule has 0 bridgehead atoms. The molecule has 356 valence electrons. The van der Waals surface area contributed by atoms with Gasteiger partial charge in [0, 0.05) is 43.2 Å². The number of amides is 1. The summed E-state index contributed by atoms with van der Waals surface area (Å²) in [6.07, 6.45) is 6.76. The number of nitrogens with two attached hydrogens (primary N) is 1. The van der Waals surface area contributed by atoms with Crippen molar-refractivity contribution in [3.05, 3.63) is 173 Å². The number of hydrogen-bond acceptors (Lipinski definition) is 13. The molecule has 0 unspecified atom stereocenters. The first-order valence-corrected chi connectivity index (χ1v) is 19.8. The fraction of sp³-hybridized carbons (Fsp3) is 0.250. The van der Waals surface area contributed by atoms with Gasteiger partial charge in [-0.15, -0.1) is 0 Å². The number of hydrogen-bond donors (Lipinski definition) is 5. The number of carboxylic acid groups (broad SMARTS) is 1. The molecular weight excluding hydrogens is 945 g/mol. The van der Waals surface area contributed by atoms with Crippen LogP contribution in [0, 0.1) is 35.9 Å². The molecular formula is C40H38Cl2F6N12O7. The third-order valence-electron chi connectivity index (χ3n) is 8.92. The predicted molar refractivity (Wildman–Crippen MR) is 228 cm³/mol. The maximum atomic E-state index is 14.4. The van der Waals surface area contributed by atoms with Crippen LogP contribution in [0.1, 0.15) is 33.9 Å². The number of anilines is 2. The summed E-state index contributed by atoms with van der Waals surface area (Å²) < 4.78 is 85.3. The third-order valence-corrected chi connectivity index (χ3v) is 9.52. The number of carbonyl (C=O) groups is 2. The van der Waals surface area contributed by atoms with Gasteiger partial charge in [0.15, 0.2) is 24.0 Å². The second-order valence-electron chi connectivity index (χ2n) is 13.7. The van der Waals surface area contributed by atoms with E-state index in [-0.39, 0.29) is 44.4 Å². The van der Waals surface area contributed by atoms with Crippen molar-refractivity contribution < 1.29 is 50.5 Å². The Morgan fingerprint density at radius 2 is 1.16 bits per heavy atom. The lowest BCUT2D eigenvalue weighted by Gasteiger charge is -2.17. The van der Waals surface area contributed by atoms with E-state index < -0.39 is 89.9 Å². The van der Waals surface area contributed by atoms with Crippen molar-refractivity contribution in [1.82, 2.24) is 34.4 Å². The fourth-order valence-corrected chi connectivity index (χ4v) is 5.81. The predicted octanol–water partition coefficient (Wildman–Crippen LogP) is 3.70. The van der Waals surface area contributed by atoms with Gasteiger partial charge in [0.05, 0.1) is 43.4 Å². The summed E-state index contributed by atoms with van der Waals surface area (Å²) in [6, 6.07) is 10.2. The number of carboxylic acids is 1. The van der Waals surface area contributed by atoms with Crippen LogP contribution in [-0.2, 0) is 47.6 Å². The molecule has 67 heavy (non-hydrogen) atoms. The molecule has 0 aromatic carbocycles. The standard InChI is InChI=1S/C20H18ClF3N6O3.C13H11ClF2N4O4.C7H9FN2/c1-12-5-6-25-13(17(12)22)8-26-16(31)10-29-15(21)9-27-18(19(29)32)28-11-20(23,24)14-4-2-3-7-30(14)33;14-9-5-17-11(12(23)19(9)6-10(21)22)18-7-13(15,16)8-3-1-2-4-20(8)24;1-5-2-3-10-6(4-9)7(5)8/h2-7,9H,8,10-11H2,1H3,(H,26,31)(H,27,28);1-5H,6-7H2,(H,17,18)(H,21,22);2-3H,4,9H2,1H3. The maximum Gasteiger partial charge on any atom is 0.347 e. The van der Waals surface area contributed by atoms with Crippen molar-refractivity contribution in [2.75, 3.05) is 23.7 Å². The minimum atomic E-state index is -3.62. The van der Waals surface area contributed by atoms with Gasteiger partial charge in [-0.1, -0.05) is 23.2 Å². The van der Waals surface area contributed by atoms with Gasteiger partial charge in [-0.2, -0.15) is 27.0 Å². The average Bonchev–Trinajstić information content (AvgIpc) is 3.28. The fourth-order valence-electron chi connectivity index (χ4n) is 5.44. The van der Waals surface area contributed by atoms with Gasteiger partial charge in [0.2, 0.25) is 5.91 Å². The average molecular weight is 984 g/mol. The Hall–Kier alpha value is -7.38. The highest BCUT2D eigenvalue weighted by Gasteiger charge is 2.40. The zero-order valence-electron chi connectivity index (χ0n) is 34.9. The molecule has 0 spiro atoms. The van der Waals surface area contributed by atoms with Crippen LogP contribution in [0.4, 0.5) is 38.0 Å². The number of carbonyl (C=O) groups excluding carboxylic acids is 1. The lowest BCUT2D eigenvalue weighted by molar-refractivity contribution is -0.624. The number of aromatic nitrogens is 8. The summed E-state index contributed by atoms with van der Waals surface area (Å²) in [4.78, 5) is 62.5. The van der Waals surface area contributed by atoms with E-state index in [4.69, 9.17) is 34.0 Å². The Morgan fingerprint density at radius 1 is 0.731 bits per heavy atom. The van der Waals surface area contributed by atoms with Crippen LogP contribution in [0.3, 0.4) is 0 Å². The molecule has 0 aliphatic rings. The number of nitrogens with zero attached hydrogens (tertiary/aromatic N) is 8. The summed E-state index contributed by atoms with van der Waals surface area (Å²) in [5.74, 6) is -11.1. The highest BCUT2D eigenvalue weighted by molar-refractivity contribution is 6.29. The van der Waals surface area contributed by atoms with Gasteiger partial charge >= 0.3 is 17.8 Å². The van der Waals surface area contributed by atoms with Crippen LogP contribution in [0.15, 0.2) is 95.3 Å². The second-order valence-corrected chi connectivity index (χ2v) is 14.5. The van der Waals surface area contributed by atoms with Crippen molar-refractivity contribution in [3.8, 4) is 0 Å². The molecule has 6 heterocycles. The lowest BCUT2D eigenvalue weighted by atomic mass is 10.2. The summed E-state index contributed by atoms with van der Waals surface area (Å²) >= 11 is 11.6.